The molecule has 1 heterocycles. The second-order valence-corrected chi connectivity index (χ2v) is 5.72. The molecule has 1 saturated carbocycles. The lowest BCUT2D eigenvalue weighted by Crippen LogP contribution is -2.29. The van der Waals surface area contributed by atoms with Crippen LogP contribution in [0.15, 0.2) is 12.1 Å². The first kappa shape index (κ1) is 13.5. The molecule has 2 aliphatic rings. The van der Waals surface area contributed by atoms with Gasteiger partial charge in [0.2, 0.25) is 0 Å². The highest BCUT2D eigenvalue weighted by Gasteiger charge is 2.22. The zero-order valence-corrected chi connectivity index (χ0v) is 11.7. The van der Waals surface area contributed by atoms with E-state index in [1.807, 2.05) is 6.07 Å². The maximum atomic E-state index is 11.3. The lowest BCUT2D eigenvalue weighted by atomic mass is 9.93. The molecular formula is C14H17ClN2O3. The molecule has 0 bridgehead atoms. The van der Waals surface area contributed by atoms with E-state index >= 15 is 0 Å². The van der Waals surface area contributed by atoms with E-state index in [1.165, 1.54) is 0 Å². The number of amides is 1. The number of anilines is 2. The number of hydrogen-bond donors (Lipinski definition) is 3. The van der Waals surface area contributed by atoms with Gasteiger partial charge in [-0.1, -0.05) is 11.6 Å². The van der Waals surface area contributed by atoms with E-state index in [0.29, 0.717) is 22.5 Å². The smallest absolute Gasteiger partial charge is 0.262 e. The van der Waals surface area contributed by atoms with Crippen LogP contribution in [0.3, 0.4) is 0 Å². The number of nitrogens with one attached hydrogen (secondary N) is 2. The number of halogens is 1. The van der Waals surface area contributed by atoms with Crippen molar-refractivity contribution in [1.82, 2.24) is 0 Å². The van der Waals surface area contributed by atoms with Gasteiger partial charge in [0.15, 0.2) is 6.61 Å². The molecule has 1 aliphatic heterocycles. The summed E-state index contributed by atoms with van der Waals surface area (Å²) in [6.07, 6.45) is 3.29. The predicted octanol–water partition coefficient (Wildman–Crippen LogP) is 2.39. The second kappa shape index (κ2) is 5.50. The molecule has 1 aliphatic carbocycles. The summed E-state index contributed by atoms with van der Waals surface area (Å²) in [6, 6.07) is 3.84. The van der Waals surface area contributed by atoms with E-state index in [-0.39, 0.29) is 18.6 Å². The summed E-state index contributed by atoms with van der Waals surface area (Å²) in [5.41, 5.74) is 1.42. The molecule has 0 unspecified atom stereocenters. The van der Waals surface area contributed by atoms with Gasteiger partial charge in [0.25, 0.3) is 5.91 Å². The first-order chi connectivity index (χ1) is 9.61. The number of fused-ring (bicyclic) bond motifs is 1. The van der Waals surface area contributed by atoms with Crippen LogP contribution >= 0.6 is 11.6 Å². The second-order valence-electron chi connectivity index (χ2n) is 5.31. The van der Waals surface area contributed by atoms with E-state index in [9.17, 15) is 9.90 Å². The average molecular weight is 297 g/mol. The van der Waals surface area contributed by atoms with Gasteiger partial charge in [-0.15, -0.1) is 0 Å². The van der Waals surface area contributed by atoms with Crippen LogP contribution in [0.25, 0.3) is 0 Å². The summed E-state index contributed by atoms with van der Waals surface area (Å²) in [5.74, 6) is 0.461. The number of aliphatic hydroxyl groups excluding tert-OH is 1. The fraction of sp³-hybridized carbons (Fsp3) is 0.500. The minimum absolute atomic E-state index is 0.0314. The Labute approximate surface area is 122 Å². The van der Waals surface area contributed by atoms with E-state index in [0.717, 1.165) is 31.4 Å². The molecule has 0 aromatic heterocycles. The van der Waals surface area contributed by atoms with Crippen LogP contribution in [-0.4, -0.2) is 29.8 Å². The van der Waals surface area contributed by atoms with Crippen LogP contribution in [0.1, 0.15) is 25.7 Å². The standard InChI is InChI=1S/C14H17ClN2O3/c15-10-5-12-13(20-7-14(19)17-12)6-11(10)16-8-1-3-9(18)4-2-8/h5-6,8-9,16,18H,1-4,7H2,(H,17,19). The SMILES string of the molecule is O=C1COc2cc(NC3CCC(O)CC3)c(Cl)cc2N1. The van der Waals surface area contributed by atoms with Crippen molar-refractivity contribution >= 4 is 28.9 Å². The largest absolute Gasteiger partial charge is 0.482 e. The van der Waals surface area contributed by atoms with Gasteiger partial charge in [-0.05, 0) is 31.7 Å². The summed E-state index contributed by atoms with van der Waals surface area (Å²) in [7, 11) is 0. The fourth-order valence-electron chi connectivity index (χ4n) is 2.65. The molecule has 0 atom stereocenters. The van der Waals surface area contributed by atoms with E-state index in [1.54, 1.807) is 6.07 Å². The molecule has 3 rings (SSSR count). The molecule has 5 nitrogen and oxygen atoms in total. The van der Waals surface area contributed by atoms with Crippen molar-refractivity contribution in [3.05, 3.63) is 17.2 Å². The molecule has 0 spiro atoms. The fourth-order valence-corrected chi connectivity index (χ4v) is 2.87. The Morgan fingerprint density at radius 3 is 2.80 bits per heavy atom. The monoisotopic (exact) mass is 296 g/mol. The van der Waals surface area contributed by atoms with Crippen LogP contribution in [0.2, 0.25) is 5.02 Å². The molecular weight excluding hydrogens is 280 g/mol. The molecule has 1 aromatic carbocycles. The third-order valence-corrected chi connectivity index (χ3v) is 4.07. The van der Waals surface area contributed by atoms with Gasteiger partial charge in [-0.2, -0.15) is 0 Å². The summed E-state index contributed by atoms with van der Waals surface area (Å²) in [4.78, 5) is 11.3. The van der Waals surface area contributed by atoms with Crippen molar-refractivity contribution in [2.24, 2.45) is 0 Å². The van der Waals surface area contributed by atoms with Gasteiger partial charge in [-0.25, -0.2) is 0 Å². The van der Waals surface area contributed by atoms with Gasteiger partial charge in [0.05, 0.1) is 22.5 Å². The van der Waals surface area contributed by atoms with E-state index in [4.69, 9.17) is 16.3 Å². The van der Waals surface area contributed by atoms with Crippen molar-refractivity contribution in [1.29, 1.82) is 0 Å². The normalized spacial score (nSPS) is 25.4. The molecule has 0 radical (unpaired) electrons. The quantitative estimate of drug-likeness (QED) is 0.784. The number of hydrogen-bond acceptors (Lipinski definition) is 4. The van der Waals surface area contributed by atoms with Crippen LogP contribution < -0.4 is 15.4 Å². The van der Waals surface area contributed by atoms with Crippen molar-refractivity contribution in [2.75, 3.05) is 17.2 Å². The lowest BCUT2D eigenvalue weighted by Gasteiger charge is -2.28. The van der Waals surface area contributed by atoms with E-state index < -0.39 is 0 Å². The Kier molecular flexibility index (Phi) is 3.72. The Bertz CT molecular complexity index is 527. The van der Waals surface area contributed by atoms with Crippen LogP contribution in [0.5, 0.6) is 5.75 Å². The number of rotatable bonds is 2. The number of carbonyl (C=O) groups is 1. The highest BCUT2D eigenvalue weighted by atomic mass is 35.5. The zero-order valence-electron chi connectivity index (χ0n) is 11.0. The van der Waals surface area contributed by atoms with Crippen LogP contribution in [-0.2, 0) is 4.79 Å². The van der Waals surface area contributed by atoms with Crippen molar-refractivity contribution < 1.29 is 14.6 Å². The molecule has 20 heavy (non-hydrogen) atoms. The van der Waals surface area contributed by atoms with Crippen LogP contribution in [0.4, 0.5) is 11.4 Å². The molecule has 6 heteroatoms. The molecule has 1 fully saturated rings. The third-order valence-electron chi connectivity index (χ3n) is 3.76. The van der Waals surface area contributed by atoms with Crippen LogP contribution in [0, 0.1) is 0 Å². The maximum Gasteiger partial charge on any atom is 0.262 e. The molecule has 1 aromatic rings. The topological polar surface area (TPSA) is 70.6 Å². The molecule has 1 amide bonds. The molecule has 3 N–H and O–H groups in total. The molecule has 108 valence electrons. The maximum absolute atomic E-state index is 11.3. The first-order valence-corrected chi connectivity index (χ1v) is 7.20. The Morgan fingerprint density at radius 2 is 2.05 bits per heavy atom. The minimum Gasteiger partial charge on any atom is -0.482 e. The molecule has 0 saturated heterocycles. The lowest BCUT2D eigenvalue weighted by molar-refractivity contribution is -0.118. The Morgan fingerprint density at radius 1 is 1.30 bits per heavy atom. The summed E-state index contributed by atoms with van der Waals surface area (Å²) < 4.78 is 5.39. The van der Waals surface area contributed by atoms with Crippen molar-refractivity contribution in [3.8, 4) is 5.75 Å². The Hall–Kier alpha value is -1.46. The number of benzene rings is 1. The highest BCUT2D eigenvalue weighted by Crippen LogP contribution is 2.37. The predicted molar refractivity (Wildman–Crippen MR) is 77.5 cm³/mol. The van der Waals surface area contributed by atoms with Gasteiger partial charge >= 0.3 is 0 Å². The van der Waals surface area contributed by atoms with Gasteiger partial charge in [0, 0.05) is 12.1 Å². The summed E-state index contributed by atoms with van der Waals surface area (Å²) in [6.45, 7) is 0.0314. The minimum atomic E-state index is -0.175. The highest BCUT2D eigenvalue weighted by molar-refractivity contribution is 6.33. The Balaban J connectivity index is 1.75. The zero-order chi connectivity index (χ0) is 14.1. The van der Waals surface area contributed by atoms with E-state index in [2.05, 4.69) is 10.6 Å². The van der Waals surface area contributed by atoms with Crippen molar-refractivity contribution in [3.63, 3.8) is 0 Å². The third kappa shape index (κ3) is 2.83. The summed E-state index contributed by atoms with van der Waals surface area (Å²) >= 11 is 6.24. The van der Waals surface area contributed by atoms with Gasteiger partial charge < -0.3 is 20.5 Å². The number of carbonyl (C=O) groups excluding carboxylic acids is 1. The van der Waals surface area contributed by atoms with Gasteiger partial charge in [0.1, 0.15) is 5.75 Å². The van der Waals surface area contributed by atoms with Gasteiger partial charge in [-0.3, -0.25) is 4.79 Å². The number of ether oxygens (including phenoxy) is 1. The average Bonchev–Trinajstić information content (AvgIpc) is 2.42. The van der Waals surface area contributed by atoms with Crippen molar-refractivity contribution in [2.45, 2.75) is 37.8 Å². The summed E-state index contributed by atoms with van der Waals surface area (Å²) in [5, 5.41) is 16.2. The number of aliphatic hydroxyl groups is 1. The first-order valence-electron chi connectivity index (χ1n) is 6.82.